The van der Waals surface area contributed by atoms with E-state index in [4.69, 9.17) is 0 Å². The highest BCUT2D eigenvalue weighted by atomic mass is 127. The molecule has 1 aliphatic heterocycles. The number of aromatic nitrogens is 2. The Morgan fingerprint density at radius 3 is 2.89 bits per heavy atom. The third-order valence-electron chi connectivity index (χ3n) is 3.34. The van der Waals surface area contributed by atoms with E-state index < -0.39 is 0 Å². The van der Waals surface area contributed by atoms with Crippen molar-refractivity contribution in [2.75, 3.05) is 11.4 Å². The van der Waals surface area contributed by atoms with Gasteiger partial charge in [-0.05, 0) is 47.1 Å². The fourth-order valence-corrected chi connectivity index (χ4v) is 3.22. The number of aryl methyl sites for hydroxylation is 2. The van der Waals surface area contributed by atoms with Gasteiger partial charge in [0, 0.05) is 25.5 Å². The van der Waals surface area contributed by atoms with Crippen LogP contribution in [0.15, 0.2) is 30.5 Å². The van der Waals surface area contributed by atoms with Gasteiger partial charge in [-0.15, -0.1) is 0 Å². The van der Waals surface area contributed by atoms with E-state index in [1.54, 1.807) is 4.68 Å². The summed E-state index contributed by atoms with van der Waals surface area (Å²) in [5.41, 5.74) is 2.81. The summed E-state index contributed by atoms with van der Waals surface area (Å²) >= 11 is 2.16. The first kappa shape index (κ1) is 12.7. The number of amides is 1. The predicted octanol–water partition coefficient (Wildman–Crippen LogP) is 2.62. The monoisotopic (exact) mass is 367 g/mol. The summed E-state index contributed by atoms with van der Waals surface area (Å²) in [6, 6.07) is 8.12. The van der Waals surface area contributed by atoms with Crippen LogP contribution in [0.3, 0.4) is 0 Å². The van der Waals surface area contributed by atoms with Gasteiger partial charge in [0.25, 0.3) is 5.91 Å². The number of carbonyl (C=O) groups is 1. The molecule has 0 aliphatic carbocycles. The summed E-state index contributed by atoms with van der Waals surface area (Å²) in [7, 11) is 1.84. The summed E-state index contributed by atoms with van der Waals surface area (Å²) in [6.07, 6.45) is 3.91. The molecule has 2 heterocycles. The zero-order chi connectivity index (χ0) is 13.4. The summed E-state index contributed by atoms with van der Waals surface area (Å²) < 4.78 is 2.58. The number of rotatable bonds is 1. The molecule has 2 aromatic rings. The first-order valence-corrected chi connectivity index (χ1v) is 7.33. The second-order valence-corrected chi connectivity index (χ2v) is 5.85. The van der Waals surface area contributed by atoms with Gasteiger partial charge in [0.05, 0.1) is 3.57 Å². The van der Waals surface area contributed by atoms with Crippen molar-refractivity contribution in [2.24, 2.45) is 7.05 Å². The average molecular weight is 367 g/mol. The van der Waals surface area contributed by atoms with Crippen LogP contribution in [0.2, 0.25) is 0 Å². The SMILES string of the molecule is Cn1cc(I)c(C(=O)N2CCCc3ccccc32)n1. The van der Waals surface area contributed by atoms with Gasteiger partial charge in [-0.1, -0.05) is 18.2 Å². The van der Waals surface area contributed by atoms with Crippen molar-refractivity contribution in [1.29, 1.82) is 0 Å². The molecule has 1 amide bonds. The van der Waals surface area contributed by atoms with Crippen molar-refractivity contribution < 1.29 is 4.79 Å². The number of para-hydroxylation sites is 1. The lowest BCUT2D eigenvalue weighted by molar-refractivity contribution is 0.0979. The van der Waals surface area contributed by atoms with E-state index in [0.29, 0.717) is 5.69 Å². The molecule has 4 nitrogen and oxygen atoms in total. The summed E-state index contributed by atoms with van der Waals surface area (Å²) in [5.74, 6) is -0.00264. The Morgan fingerprint density at radius 1 is 1.37 bits per heavy atom. The zero-order valence-electron chi connectivity index (χ0n) is 10.6. The van der Waals surface area contributed by atoms with E-state index >= 15 is 0 Å². The number of anilines is 1. The minimum atomic E-state index is -0.00264. The maximum atomic E-state index is 12.6. The Bertz CT molecular complexity index is 635. The third kappa shape index (κ3) is 2.27. The molecule has 0 saturated carbocycles. The maximum absolute atomic E-state index is 12.6. The Morgan fingerprint density at radius 2 is 2.16 bits per heavy atom. The molecule has 0 spiro atoms. The van der Waals surface area contributed by atoms with E-state index in [-0.39, 0.29) is 5.91 Å². The fourth-order valence-electron chi connectivity index (χ4n) is 2.48. The molecule has 0 fully saturated rings. The third-order valence-corrected chi connectivity index (χ3v) is 4.13. The second kappa shape index (κ2) is 4.96. The number of halogens is 1. The topological polar surface area (TPSA) is 38.1 Å². The molecule has 0 saturated heterocycles. The molecule has 5 heteroatoms. The first-order valence-electron chi connectivity index (χ1n) is 6.26. The molecule has 0 bridgehead atoms. The standard InChI is InChI=1S/C14H14IN3O/c1-17-9-11(15)13(16-17)14(19)18-8-4-6-10-5-2-3-7-12(10)18/h2-3,5,7,9H,4,6,8H2,1H3. The Hall–Kier alpha value is -1.37. The minimum absolute atomic E-state index is 0.00264. The van der Waals surface area contributed by atoms with Crippen molar-refractivity contribution >= 4 is 34.2 Å². The molecule has 0 atom stereocenters. The zero-order valence-corrected chi connectivity index (χ0v) is 12.8. The Labute approximate surface area is 125 Å². The smallest absolute Gasteiger partial charge is 0.279 e. The molecule has 0 radical (unpaired) electrons. The van der Waals surface area contributed by atoms with Crippen molar-refractivity contribution in [3.63, 3.8) is 0 Å². The van der Waals surface area contributed by atoms with Gasteiger partial charge < -0.3 is 4.90 Å². The van der Waals surface area contributed by atoms with E-state index in [0.717, 1.165) is 28.6 Å². The first-order chi connectivity index (χ1) is 9.16. The molecular formula is C14H14IN3O. The number of nitrogens with zero attached hydrogens (tertiary/aromatic N) is 3. The lowest BCUT2D eigenvalue weighted by Gasteiger charge is -2.28. The van der Waals surface area contributed by atoms with Crippen LogP contribution in [0.5, 0.6) is 0 Å². The molecule has 0 unspecified atom stereocenters. The van der Waals surface area contributed by atoms with Crippen molar-refractivity contribution in [1.82, 2.24) is 9.78 Å². The van der Waals surface area contributed by atoms with Gasteiger partial charge in [-0.25, -0.2) is 0 Å². The number of fused-ring (bicyclic) bond motifs is 1. The van der Waals surface area contributed by atoms with Gasteiger partial charge in [0.2, 0.25) is 0 Å². The van der Waals surface area contributed by atoms with Gasteiger partial charge >= 0.3 is 0 Å². The van der Waals surface area contributed by atoms with Crippen molar-refractivity contribution in [2.45, 2.75) is 12.8 Å². The molecule has 0 N–H and O–H groups in total. The number of benzene rings is 1. The predicted molar refractivity (Wildman–Crippen MR) is 82.4 cm³/mol. The van der Waals surface area contributed by atoms with Gasteiger partial charge in [-0.3, -0.25) is 9.48 Å². The van der Waals surface area contributed by atoms with Crippen molar-refractivity contribution in [3.05, 3.63) is 45.3 Å². The van der Waals surface area contributed by atoms with Crippen LogP contribution < -0.4 is 4.90 Å². The molecule has 1 aromatic carbocycles. The highest BCUT2D eigenvalue weighted by Gasteiger charge is 2.26. The largest absolute Gasteiger partial charge is 0.307 e. The maximum Gasteiger partial charge on any atom is 0.279 e. The molecule has 3 rings (SSSR count). The highest BCUT2D eigenvalue weighted by Crippen LogP contribution is 2.28. The molecule has 1 aliphatic rings. The highest BCUT2D eigenvalue weighted by molar-refractivity contribution is 14.1. The van der Waals surface area contributed by atoms with Gasteiger partial charge in [-0.2, -0.15) is 5.10 Å². The van der Waals surface area contributed by atoms with Crippen LogP contribution in [0.25, 0.3) is 0 Å². The Balaban J connectivity index is 2.00. The van der Waals surface area contributed by atoms with Crippen LogP contribution in [0.4, 0.5) is 5.69 Å². The summed E-state index contributed by atoms with van der Waals surface area (Å²) in [4.78, 5) is 14.5. The lowest BCUT2D eigenvalue weighted by atomic mass is 10.0. The second-order valence-electron chi connectivity index (χ2n) is 4.69. The minimum Gasteiger partial charge on any atom is -0.307 e. The Kier molecular flexibility index (Phi) is 3.30. The quantitative estimate of drug-likeness (QED) is 0.727. The number of hydrogen-bond donors (Lipinski definition) is 0. The van der Waals surface area contributed by atoms with Crippen LogP contribution >= 0.6 is 22.6 Å². The molecule has 1 aromatic heterocycles. The number of hydrogen-bond acceptors (Lipinski definition) is 2. The number of carbonyl (C=O) groups excluding carboxylic acids is 1. The fraction of sp³-hybridized carbons (Fsp3) is 0.286. The molecule has 19 heavy (non-hydrogen) atoms. The van der Waals surface area contributed by atoms with Crippen LogP contribution in [-0.4, -0.2) is 22.2 Å². The lowest BCUT2D eigenvalue weighted by Crippen LogP contribution is -2.36. The van der Waals surface area contributed by atoms with Crippen LogP contribution in [-0.2, 0) is 13.5 Å². The van der Waals surface area contributed by atoms with Gasteiger partial charge in [0.15, 0.2) is 5.69 Å². The average Bonchev–Trinajstić information content (AvgIpc) is 2.76. The van der Waals surface area contributed by atoms with Crippen molar-refractivity contribution in [3.8, 4) is 0 Å². The van der Waals surface area contributed by atoms with Gasteiger partial charge in [0.1, 0.15) is 0 Å². The van der Waals surface area contributed by atoms with E-state index in [2.05, 4.69) is 33.8 Å². The normalized spacial score (nSPS) is 14.3. The van der Waals surface area contributed by atoms with E-state index in [9.17, 15) is 4.79 Å². The summed E-state index contributed by atoms with van der Waals surface area (Å²) in [5, 5.41) is 4.28. The van der Waals surface area contributed by atoms with Crippen LogP contribution in [0.1, 0.15) is 22.5 Å². The summed E-state index contributed by atoms with van der Waals surface area (Å²) in [6.45, 7) is 0.766. The molecular weight excluding hydrogens is 353 g/mol. The molecule has 98 valence electrons. The van der Waals surface area contributed by atoms with E-state index in [1.165, 1.54) is 5.56 Å². The van der Waals surface area contributed by atoms with Crippen LogP contribution in [0, 0.1) is 3.57 Å². The van der Waals surface area contributed by atoms with E-state index in [1.807, 2.05) is 36.3 Å².